The van der Waals surface area contributed by atoms with Crippen LogP contribution in [0.3, 0.4) is 0 Å². The minimum absolute atomic E-state index is 0.118. The van der Waals surface area contributed by atoms with Crippen LogP contribution >= 0.6 is 0 Å². The monoisotopic (exact) mass is 161 g/mol. The van der Waals surface area contributed by atoms with Crippen LogP contribution in [0.1, 0.15) is 20.3 Å². The Morgan fingerprint density at radius 3 is 2.55 bits per heavy atom. The molecule has 0 bridgehead atoms. The van der Waals surface area contributed by atoms with Gasteiger partial charge in [-0.25, -0.2) is 5.48 Å². The summed E-state index contributed by atoms with van der Waals surface area (Å²) in [6.07, 6.45) is 0.288. The quantitative estimate of drug-likeness (QED) is 0.467. The van der Waals surface area contributed by atoms with Crippen LogP contribution in [-0.2, 0) is 9.53 Å². The maximum atomic E-state index is 10.9. The van der Waals surface area contributed by atoms with Gasteiger partial charge in [0.25, 0.3) is 5.91 Å². The number of hydrogen-bond acceptors (Lipinski definition) is 3. The Hall–Kier alpha value is -0.610. The van der Waals surface area contributed by atoms with E-state index in [1.165, 1.54) is 7.11 Å². The lowest BCUT2D eigenvalue weighted by molar-refractivity contribution is -0.142. The highest BCUT2D eigenvalue weighted by atomic mass is 16.5. The summed E-state index contributed by atoms with van der Waals surface area (Å²) in [4.78, 5) is 10.9. The van der Waals surface area contributed by atoms with Gasteiger partial charge in [-0.3, -0.25) is 10.0 Å². The maximum absolute atomic E-state index is 10.9. The van der Waals surface area contributed by atoms with Crippen molar-refractivity contribution in [2.75, 3.05) is 7.11 Å². The number of rotatable bonds is 4. The molecule has 0 heterocycles. The van der Waals surface area contributed by atoms with Crippen molar-refractivity contribution < 1.29 is 14.7 Å². The van der Waals surface area contributed by atoms with E-state index in [-0.39, 0.29) is 5.92 Å². The molecule has 1 amide bonds. The molecule has 4 nitrogen and oxygen atoms in total. The van der Waals surface area contributed by atoms with E-state index in [0.717, 1.165) is 6.42 Å². The second-order valence-corrected chi connectivity index (χ2v) is 2.52. The largest absolute Gasteiger partial charge is 0.371 e. The Bertz CT molecular complexity index is 127. The van der Waals surface area contributed by atoms with Crippen molar-refractivity contribution >= 4 is 5.91 Å². The van der Waals surface area contributed by atoms with Crippen LogP contribution in [0.5, 0.6) is 0 Å². The zero-order chi connectivity index (χ0) is 8.85. The summed E-state index contributed by atoms with van der Waals surface area (Å²) in [5, 5.41) is 8.30. The number of carbonyl (C=O) groups is 1. The molecule has 0 radical (unpaired) electrons. The highest BCUT2D eigenvalue weighted by Crippen LogP contribution is 2.10. The molecule has 2 N–H and O–H groups in total. The molecular weight excluding hydrogens is 146 g/mol. The first-order valence-corrected chi connectivity index (χ1v) is 3.64. The summed E-state index contributed by atoms with van der Waals surface area (Å²) in [5.41, 5.74) is 1.57. The van der Waals surface area contributed by atoms with E-state index >= 15 is 0 Å². The molecule has 0 saturated carbocycles. The summed E-state index contributed by atoms with van der Waals surface area (Å²) in [5.74, 6) is -0.367. The lowest BCUT2D eigenvalue weighted by atomic mass is 10.0. The van der Waals surface area contributed by atoms with Crippen LogP contribution in [0.4, 0.5) is 0 Å². The Morgan fingerprint density at radius 2 is 2.27 bits per heavy atom. The lowest BCUT2D eigenvalue weighted by Gasteiger charge is -2.18. The molecule has 0 aliphatic rings. The van der Waals surface area contributed by atoms with Crippen molar-refractivity contribution in [1.82, 2.24) is 5.48 Å². The van der Waals surface area contributed by atoms with Crippen LogP contribution in [0.25, 0.3) is 0 Å². The van der Waals surface area contributed by atoms with Crippen molar-refractivity contribution in [3.63, 3.8) is 0 Å². The van der Waals surface area contributed by atoms with E-state index in [0.29, 0.717) is 0 Å². The molecule has 11 heavy (non-hydrogen) atoms. The van der Waals surface area contributed by atoms with Gasteiger partial charge in [-0.2, -0.15) is 0 Å². The molecule has 0 saturated heterocycles. The fourth-order valence-electron chi connectivity index (χ4n) is 0.875. The first-order chi connectivity index (χ1) is 5.17. The normalized spacial score (nSPS) is 15.6. The van der Waals surface area contributed by atoms with E-state index in [4.69, 9.17) is 9.94 Å². The van der Waals surface area contributed by atoms with Crippen LogP contribution < -0.4 is 5.48 Å². The van der Waals surface area contributed by atoms with Gasteiger partial charge in [0.2, 0.25) is 0 Å². The molecule has 0 rings (SSSR count). The molecule has 0 aromatic rings. The number of ether oxygens (including phenoxy) is 1. The summed E-state index contributed by atoms with van der Waals surface area (Å²) in [7, 11) is 1.45. The second kappa shape index (κ2) is 5.09. The molecule has 2 atom stereocenters. The first kappa shape index (κ1) is 10.4. The third-order valence-electron chi connectivity index (χ3n) is 1.78. The molecule has 0 fully saturated rings. The number of hydroxylamine groups is 1. The number of nitrogens with one attached hydrogen (secondary N) is 1. The van der Waals surface area contributed by atoms with E-state index < -0.39 is 12.0 Å². The summed E-state index contributed by atoms with van der Waals surface area (Å²) in [6, 6.07) is 0. The van der Waals surface area contributed by atoms with Crippen molar-refractivity contribution in [2.45, 2.75) is 26.4 Å². The Kier molecular flexibility index (Phi) is 4.81. The smallest absolute Gasteiger partial charge is 0.272 e. The molecule has 0 aromatic heterocycles. The Labute approximate surface area is 66.5 Å². The van der Waals surface area contributed by atoms with Crippen molar-refractivity contribution in [2.24, 2.45) is 5.92 Å². The second-order valence-electron chi connectivity index (χ2n) is 2.52. The molecule has 0 aliphatic carbocycles. The third kappa shape index (κ3) is 2.86. The lowest BCUT2D eigenvalue weighted by Crippen LogP contribution is -2.38. The molecule has 66 valence electrons. The zero-order valence-corrected chi connectivity index (χ0v) is 7.13. The first-order valence-electron chi connectivity index (χ1n) is 3.64. The highest BCUT2D eigenvalue weighted by Gasteiger charge is 2.22. The van der Waals surface area contributed by atoms with Crippen molar-refractivity contribution in [1.29, 1.82) is 0 Å². The fourth-order valence-corrected chi connectivity index (χ4v) is 0.875. The van der Waals surface area contributed by atoms with Gasteiger partial charge in [0, 0.05) is 7.11 Å². The highest BCUT2D eigenvalue weighted by molar-refractivity contribution is 5.79. The van der Waals surface area contributed by atoms with Crippen molar-refractivity contribution in [3.05, 3.63) is 0 Å². The molecule has 2 unspecified atom stereocenters. The number of methoxy groups -OCH3 is 1. The zero-order valence-electron chi connectivity index (χ0n) is 7.13. The molecule has 0 spiro atoms. The maximum Gasteiger partial charge on any atom is 0.272 e. The molecule has 4 heteroatoms. The summed E-state index contributed by atoms with van der Waals surface area (Å²) < 4.78 is 4.88. The molecule has 0 aliphatic heterocycles. The fraction of sp³-hybridized carbons (Fsp3) is 0.857. The van der Waals surface area contributed by atoms with Crippen LogP contribution in [0.15, 0.2) is 0 Å². The average molecular weight is 161 g/mol. The molecule has 0 aromatic carbocycles. The van der Waals surface area contributed by atoms with Gasteiger partial charge in [0.1, 0.15) is 6.10 Å². The predicted octanol–water partition coefficient (Wildman–Crippen LogP) is 0.553. The third-order valence-corrected chi connectivity index (χ3v) is 1.78. The predicted molar refractivity (Wildman–Crippen MR) is 40.2 cm³/mol. The Morgan fingerprint density at radius 1 is 1.73 bits per heavy atom. The number of hydrogen-bond donors (Lipinski definition) is 2. The van der Waals surface area contributed by atoms with Gasteiger partial charge in [-0.1, -0.05) is 20.3 Å². The van der Waals surface area contributed by atoms with Gasteiger partial charge in [-0.15, -0.1) is 0 Å². The van der Waals surface area contributed by atoms with Crippen LogP contribution in [0, 0.1) is 5.92 Å². The summed E-state index contributed by atoms with van der Waals surface area (Å²) in [6.45, 7) is 3.85. The van der Waals surface area contributed by atoms with Gasteiger partial charge in [0.15, 0.2) is 0 Å². The summed E-state index contributed by atoms with van der Waals surface area (Å²) >= 11 is 0. The minimum atomic E-state index is -0.551. The topological polar surface area (TPSA) is 58.6 Å². The van der Waals surface area contributed by atoms with Gasteiger partial charge < -0.3 is 4.74 Å². The Balaban J connectivity index is 4.03. The van der Waals surface area contributed by atoms with Crippen LogP contribution in [-0.4, -0.2) is 24.3 Å². The minimum Gasteiger partial charge on any atom is -0.371 e. The van der Waals surface area contributed by atoms with E-state index in [1.54, 1.807) is 5.48 Å². The number of amides is 1. The molecular formula is C7H15NO3. The van der Waals surface area contributed by atoms with E-state index in [1.807, 2.05) is 13.8 Å². The SMILES string of the molecule is CCC(C)C(OC)C(=O)NO. The van der Waals surface area contributed by atoms with Crippen molar-refractivity contribution in [3.8, 4) is 0 Å². The van der Waals surface area contributed by atoms with E-state index in [9.17, 15) is 4.79 Å². The van der Waals surface area contributed by atoms with Gasteiger partial charge in [-0.05, 0) is 5.92 Å². The van der Waals surface area contributed by atoms with Gasteiger partial charge >= 0.3 is 0 Å². The number of carbonyl (C=O) groups excluding carboxylic acids is 1. The van der Waals surface area contributed by atoms with E-state index in [2.05, 4.69) is 0 Å². The van der Waals surface area contributed by atoms with Gasteiger partial charge in [0.05, 0.1) is 0 Å². The standard InChI is InChI=1S/C7H15NO3/c1-4-5(2)6(11-3)7(9)8-10/h5-6,10H,4H2,1-3H3,(H,8,9). The average Bonchev–Trinajstić information content (AvgIpc) is 2.05. The van der Waals surface area contributed by atoms with Crippen LogP contribution in [0.2, 0.25) is 0 Å².